The summed E-state index contributed by atoms with van der Waals surface area (Å²) in [6, 6.07) is 16.7. The number of carbonyl (C=O) groups is 1. The summed E-state index contributed by atoms with van der Waals surface area (Å²) >= 11 is 0. The van der Waals surface area contributed by atoms with Crippen LogP contribution in [0.3, 0.4) is 0 Å². The van der Waals surface area contributed by atoms with Gasteiger partial charge in [-0.1, -0.05) is 18.2 Å². The lowest BCUT2D eigenvalue weighted by molar-refractivity contribution is -0.0906. The zero-order valence-electron chi connectivity index (χ0n) is 21.6. The minimum Gasteiger partial charge on any atom is -0.457 e. The van der Waals surface area contributed by atoms with E-state index in [9.17, 15) is 9.59 Å². The number of ether oxygens (including phenoxy) is 2. The van der Waals surface area contributed by atoms with Gasteiger partial charge in [-0.2, -0.15) is 0 Å². The van der Waals surface area contributed by atoms with E-state index in [1.54, 1.807) is 14.0 Å². The number of amides is 1. The summed E-state index contributed by atoms with van der Waals surface area (Å²) in [5, 5.41) is 0. The van der Waals surface area contributed by atoms with Gasteiger partial charge in [-0.05, 0) is 70.0 Å². The molecule has 2 aromatic carbocycles. The number of likely N-dealkylation sites (tertiary alicyclic amines) is 1. The molecule has 2 fully saturated rings. The number of carbonyl (C=O) groups excluding carboxylic acids is 1. The van der Waals surface area contributed by atoms with Gasteiger partial charge in [-0.3, -0.25) is 9.13 Å². The summed E-state index contributed by atoms with van der Waals surface area (Å²) in [6.07, 6.45) is 2.65. The molecule has 196 valence electrons. The molecule has 1 aliphatic heterocycles. The Balaban J connectivity index is 1.25. The molecule has 2 aliphatic rings. The predicted octanol–water partition coefficient (Wildman–Crippen LogP) is 4.53. The number of fused-ring (bicyclic) bond motifs is 1. The van der Waals surface area contributed by atoms with Gasteiger partial charge < -0.3 is 20.1 Å². The lowest BCUT2D eigenvalue weighted by Crippen LogP contribution is -2.64. The normalized spacial score (nSPS) is 16.8. The minimum atomic E-state index is -0.525. The molecule has 0 atom stereocenters. The third-order valence-electron chi connectivity index (χ3n) is 7.16. The number of anilines is 1. The Hall–Kier alpha value is -4.34. The highest BCUT2D eigenvalue weighted by Crippen LogP contribution is 2.54. The molecule has 1 saturated heterocycles. The predicted molar refractivity (Wildman–Crippen MR) is 143 cm³/mol. The Labute approximate surface area is 219 Å². The topological polar surface area (TPSA) is 118 Å². The molecule has 38 heavy (non-hydrogen) atoms. The minimum absolute atomic E-state index is 0.00440. The van der Waals surface area contributed by atoms with Crippen LogP contribution in [-0.2, 0) is 4.74 Å². The van der Waals surface area contributed by atoms with Gasteiger partial charge >= 0.3 is 11.8 Å². The second kappa shape index (κ2) is 8.61. The summed E-state index contributed by atoms with van der Waals surface area (Å²) < 4.78 is 14.7. The molecule has 4 aromatic rings. The van der Waals surface area contributed by atoms with Crippen LogP contribution in [0.25, 0.3) is 16.9 Å². The van der Waals surface area contributed by atoms with Crippen molar-refractivity contribution in [3.63, 3.8) is 0 Å². The maximum atomic E-state index is 13.8. The number of nitrogen functional groups attached to an aromatic ring is 1. The first kappa shape index (κ1) is 24.0. The molecule has 10 nitrogen and oxygen atoms in total. The number of benzene rings is 2. The van der Waals surface area contributed by atoms with E-state index in [2.05, 4.69) is 9.97 Å². The first-order chi connectivity index (χ1) is 18.1. The van der Waals surface area contributed by atoms with Crippen molar-refractivity contribution >= 4 is 23.1 Å². The van der Waals surface area contributed by atoms with Crippen LogP contribution in [0.5, 0.6) is 11.5 Å². The van der Waals surface area contributed by atoms with Crippen molar-refractivity contribution in [2.75, 3.05) is 18.8 Å². The van der Waals surface area contributed by atoms with Crippen LogP contribution in [0.15, 0.2) is 65.7 Å². The molecule has 0 bridgehead atoms. The fourth-order valence-electron chi connectivity index (χ4n) is 5.52. The van der Waals surface area contributed by atoms with Gasteiger partial charge in [0.1, 0.15) is 28.9 Å². The first-order valence-corrected chi connectivity index (χ1v) is 12.7. The van der Waals surface area contributed by atoms with Crippen LogP contribution in [0.2, 0.25) is 0 Å². The van der Waals surface area contributed by atoms with E-state index in [1.165, 1.54) is 6.33 Å². The lowest BCUT2D eigenvalue weighted by Gasteiger charge is -2.58. The monoisotopic (exact) mass is 514 g/mol. The van der Waals surface area contributed by atoms with Crippen LogP contribution >= 0.6 is 0 Å². The Morgan fingerprint density at radius 1 is 1.00 bits per heavy atom. The fourth-order valence-corrected chi connectivity index (χ4v) is 5.52. The Kier molecular flexibility index (Phi) is 5.44. The Bertz CT molecular complexity index is 1560. The van der Waals surface area contributed by atoms with E-state index < -0.39 is 5.60 Å². The van der Waals surface area contributed by atoms with Crippen LogP contribution < -0.4 is 16.2 Å². The second-order valence-corrected chi connectivity index (χ2v) is 11.2. The molecule has 10 heteroatoms. The molecule has 2 N–H and O–H groups in total. The van der Waals surface area contributed by atoms with Gasteiger partial charge in [0, 0.05) is 24.5 Å². The summed E-state index contributed by atoms with van der Waals surface area (Å²) in [5.41, 5.74) is 7.16. The summed E-state index contributed by atoms with van der Waals surface area (Å²) in [4.78, 5) is 36.5. The number of rotatable bonds is 4. The Morgan fingerprint density at radius 2 is 1.66 bits per heavy atom. The van der Waals surface area contributed by atoms with Crippen molar-refractivity contribution in [2.45, 2.75) is 45.3 Å². The van der Waals surface area contributed by atoms with Crippen molar-refractivity contribution in [1.29, 1.82) is 0 Å². The molecule has 1 spiro atoms. The van der Waals surface area contributed by atoms with Crippen molar-refractivity contribution in [3.8, 4) is 17.2 Å². The van der Waals surface area contributed by atoms with Gasteiger partial charge in [-0.25, -0.2) is 19.6 Å². The highest BCUT2D eigenvalue weighted by molar-refractivity contribution is 5.84. The number of nitrogens with two attached hydrogens (primary N) is 1. The van der Waals surface area contributed by atoms with Crippen LogP contribution in [-0.4, -0.2) is 48.8 Å². The molecule has 1 aliphatic carbocycles. The van der Waals surface area contributed by atoms with Crippen molar-refractivity contribution < 1.29 is 14.3 Å². The SMILES string of the molecule is CC(C)(C)OC(=O)N1CC2(CC(n3c(=O)n(-c4ccc(Oc5ccccc5)cc4)c4c(N)ncnc43)C2)C1. The molecule has 6 rings (SSSR count). The first-order valence-electron chi connectivity index (χ1n) is 12.7. The molecule has 2 aromatic heterocycles. The third kappa shape index (κ3) is 4.15. The highest BCUT2D eigenvalue weighted by Gasteiger charge is 2.55. The molecule has 0 radical (unpaired) electrons. The molecular formula is C28H30N6O4. The maximum Gasteiger partial charge on any atom is 0.410 e. The zero-order valence-corrected chi connectivity index (χ0v) is 21.6. The van der Waals surface area contributed by atoms with Gasteiger partial charge in [-0.15, -0.1) is 0 Å². The highest BCUT2D eigenvalue weighted by atomic mass is 16.6. The van der Waals surface area contributed by atoms with Crippen LogP contribution in [0.4, 0.5) is 10.6 Å². The number of nitrogens with zero attached hydrogens (tertiary/aromatic N) is 5. The molecule has 1 amide bonds. The number of imidazole rings is 1. The van der Waals surface area contributed by atoms with Gasteiger partial charge in [0.25, 0.3) is 0 Å². The van der Waals surface area contributed by atoms with Crippen molar-refractivity contribution in [1.82, 2.24) is 24.0 Å². The van der Waals surface area contributed by atoms with Crippen molar-refractivity contribution in [2.24, 2.45) is 5.41 Å². The van der Waals surface area contributed by atoms with Gasteiger partial charge in [0.05, 0.1) is 5.69 Å². The third-order valence-corrected chi connectivity index (χ3v) is 7.16. The molecular weight excluding hydrogens is 484 g/mol. The summed E-state index contributed by atoms with van der Waals surface area (Å²) in [6.45, 7) is 6.84. The van der Waals surface area contributed by atoms with E-state index in [0.29, 0.717) is 35.7 Å². The molecule has 0 unspecified atom stereocenters. The van der Waals surface area contributed by atoms with Crippen LogP contribution in [0, 0.1) is 5.41 Å². The lowest BCUT2D eigenvalue weighted by atomic mass is 9.60. The summed E-state index contributed by atoms with van der Waals surface area (Å²) in [5.74, 6) is 1.62. The number of hydrogen-bond donors (Lipinski definition) is 1. The van der Waals surface area contributed by atoms with Crippen LogP contribution in [0.1, 0.15) is 39.7 Å². The Morgan fingerprint density at radius 3 is 2.32 bits per heavy atom. The fraction of sp³-hybridized carbons (Fsp3) is 0.357. The van der Waals surface area contributed by atoms with E-state index >= 15 is 0 Å². The quantitative estimate of drug-likeness (QED) is 0.425. The van der Waals surface area contributed by atoms with Gasteiger partial charge in [0.15, 0.2) is 11.5 Å². The largest absolute Gasteiger partial charge is 0.457 e. The number of hydrogen-bond acceptors (Lipinski definition) is 7. The molecule has 3 heterocycles. The molecule has 1 saturated carbocycles. The number of aromatic nitrogens is 4. The van der Waals surface area contributed by atoms with Gasteiger partial charge in [0.2, 0.25) is 0 Å². The van der Waals surface area contributed by atoms with E-state index in [1.807, 2.05) is 75.4 Å². The summed E-state index contributed by atoms with van der Waals surface area (Å²) in [7, 11) is 0. The number of para-hydroxylation sites is 1. The van der Waals surface area contributed by atoms with Crippen molar-refractivity contribution in [3.05, 3.63) is 71.4 Å². The zero-order chi connectivity index (χ0) is 26.7. The van der Waals surface area contributed by atoms with E-state index in [4.69, 9.17) is 15.2 Å². The standard InChI is InChI=1S/C28H30N6O4/c1-27(2,3)38-26(36)32-15-28(16-32)13-19(14-28)34-24-22(23(29)30-17-31-24)33(25(34)35)18-9-11-21(12-10-18)37-20-7-5-4-6-8-20/h4-12,17,19H,13-16H2,1-3H3,(H2,29,30,31). The van der Waals surface area contributed by atoms with E-state index in [0.717, 1.165) is 18.6 Å². The second-order valence-electron chi connectivity index (χ2n) is 11.2. The average molecular weight is 515 g/mol. The van der Waals surface area contributed by atoms with E-state index in [-0.39, 0.29) is 29.1 Å². The average Bonchev–Trinajstić information content (AvgIpc) is 3.11. The maximum absolute atomic E-state index is 13.8. The smallest absolute Gasteiger partial charge is 0.410 e.